The molecule has 0 spiro atoms. The first-order valence-corrected chi connectivity index (χ1v) is 7.32. The van der Waals surface area contributed by atoms with Crippen molar-refractivity contribution in [2.75, 3.05) is 7.11 Å². The van der Waals surface area contributed by atoms with Gasteiger partial charge in [0.25, 0.3) is 6.29 Å². The molecule has 3 aliphatic rings. The second kappa shape index (κ2) is 4.16. The van der Waals surface area contributed by atoms with Gasteiger partial charge in [0, 0.05) is 12.5 Å². The number of carbonyl (C=O) groups excluding carboxylic acids is 1. The normalized spacial score (nSPS) is 24.5. The molecule has 1 aromatic heterocycles. The van der Waals surface area contributed by atoms with E-state index >= 15 is 0 Å². The molecule has 0 saturated carbocycles. The summed E-state index contributed by atoms with van der Waals surface area (Å²) >= 11 is 0. The summed E-state index contributed by atoms with van der Waals surface area (Å²) in [5, 5.41) is 0.612. The molecule has 116 valence electrons. The Bertz CT molecular complexity index is 1020. The molecular weight excluding hydrogens is 300 g/mol. The van der Waals surface area contributed by atoms with Crippen molar-refractivity contribution < 1.29 is 24.8 Å². The third-order valence-corrected chi connectivity index (χ3v) is 4.63. The van der Waals surface area contributed by atoms with Crippen LogP contribution in [0, 0.1) is 0 Å². The van der Waals surface area contributed by atoms with E-state index in [0.29, 0.717) is 40.0 Å². The predicted octanol–water partition coefficient (Wildman–Crippen LogP) is 2.28. The zero-order valence-electron chi connectivity index (χ0n) is 13.2. The lowest BCUT2D eigenvalue weighted by molar-refractivity contribution is -0.00485. The Hall–Kier alpha value is -2.76. The lowest BCUT2D eigenvalue weighted by Gasteiger charge is -2.12. The Morgan fingerprint density at radius 1 is 1.35 bits per heavy atom. The molecule has 3 heterocycles. The van der Waals surface area contributed by atoms with Crippen LogP contribution >= 0.6 is 0 Å². The number of hydrogen-bond acceptors (Lipinski definition) is 6. The summed E-state index contributed by atoms with van der Waals surface area (Å²) in [5.74, 6) is 0.294. The maximum absolute atomic E-state index is 12.3. The summed E-state index contributed by atoms with van der Waals surface area (Å²) in [5.41, 5.74) is 1.05. The molecule has 2 atom stereocenters. The summed E-state index contributed by atoms with van der Waals surface area (Å²) in [4.78, 5) is 24.4. The molecule has 5 rings (SSSR count). The molecule has 0 N–H and O–H groups in total. The van der Waals surface area contributed by atoms with Crippen molar-refractivity contribution in [1.29, 1.82) is 0 Å². The van der Waals surface area contributed by atoms with E-state index in [4.69, 9.17) is 20.0 Å². The largest absolute Gasteiger partial charge is 0.496 e. The van der Waals surface area contributed by atoms with Crippen molar-refractivity contribution >= 4 is 16.8 Å². The van der Waals surface area contributed by atoms with E-state index in [2.05, 4.69) is 0 Å². The number of hydrogen-bond donors (Lipinski definition) is 0. The summed E-state index contributed by atoms with van der Waals surface area (Å²) in [6, 6.07) is 1.96. The number of fused-ring (bicyclic) bond motifs is 7. The van der Waals surface area contributed by atoms with Crippen LogP contribution in [0.1, 0.15) is 35.2 Å². The van der Waals surface area contributed by atoms with Gasteiger partial charge in [-0.15, -0.1) is 0 Å². The molecule has 6 heteroatoms. The van der Waals surface area contributed by atoms with Crippen molar-refractivity contribution in [2.45, 2.75) is 25.0 Å². The molecule has 1 aliphatic carbocycles. The fourth-order valence-corrected chi connectivity index (χ4v) is 3.64. The fourth-order valence-electron chi connectivity index (χ4n) is 3.64. The molecule has 0 saturated heterocycles. The monoisotopic (exact) mass is 314 g/mol. The number of carbonyl (C=O) groups is 1. The molecule has 2 aliphatic heterocycles. The van der Waals surface area contributed by atoms with E-state index in [0.717, 1.165) is 0 Å². The number of rotatable bonds is 1. The third kappa shape index (κ3) is 1.48. The maximum atomic E-state index is 12.3. The Morgan fingerprint density at radius 2 is 2.22 bits per heavy atom. The SMILES string of the molecule is [3H]C1=CO[C@@H]2Oc3cc(OC)c4c5c(c(=O)oc4c3[C@H]12)C(=O)CC5. The average Bonchev–Trinajstić information content (AvgIpc) is 3.22. The van der Waals surface area contributed by atoms with Crippen molar-refractivity contribution in [2.24, 2.45) is 0 Å². The van der Waals surface area contributed by atoms with E-state index in [-0.39, 0.29) is 23.8 Å². The maximum Gasteiger partial charge on any atom is 0.347 e. The second-order valence-corrected chi connectivity index (χ2v) is 5.75. The van der Waals surface area contributed by atoms with Crippen molar-refractivity contribution in [3.05, 3.63) is 45.5 Å². The molecule has 0 radical (unpaired) electrons. The molecule has 6 nitrogen and oxygen atoms in total. The van der Waals surface area contributed by atoms with Gasteiger partial charge in [0.15, 0.2) is 5.78 Å². The molecule has 0 unspecified atom stereocenters. The van der Waals surface area contributed by atoms with Gasteiger partial charge in [-0.05, 0) is 18.0 Å². The van der Waals surface area contributed by atoms with E-state index in [9.17, 15) is 9.59 Å². The van der Waals surface area contributed by atoms with Crippen molar-refractivity contribution in [1.82, 2.24) is 0 Å². The quantitative estimate of drug-likeness (QED) is 0.752. The first-order chi connectivity index (χ1) is 11.6. The number of methoxy groups -OCH3 is 1. The summed E-state index contributed by atoms with van der Waals surface area (Å²) in [6.07, 6.45) is 1.46. The first-order valence-electron chi connectivity index (χ1n) is 7.82. The summed E-state index contributed by atoms with van der Waals surface area (Å²) < 4.78 is 30.1. The highest BCUT2D eigenvalue weighted by molar-refractivity contribution is 6.06. The van der Waals surface area contributed by atoms with E-state index < -0.39 is 17.8 Å². The van der Waals surface area contributed by atoms with Gasteiger partial charge in [0.2, 0.25) is 0 Å². The van der Waals surface area contributed by atoms with Gasteiger partial charge in [-0.25, -0.2) is 4.79 Å². The van der Waals surface area contributed by atoms with Gasteiger partial charge >= 0.3 is 5.63 Å². The molecule has 0 bridgehead atoms. The number of ketones is 1. The van der Waals surface area contributed by atoms with Crippen molar-refractivity contribution in [3.63, 3.8) is 0 Å². The molecule has 23 heavy (non-hydrogen) atoms. The van der Waals surface area contributed by atoms with E-state index in [1.807, 2.05) is 0 Å². The average molecular weight is 314 g/mol. The molecular formula is C17H12O6. The highest BCUT2D eigenvalue weighted by atomic mass is 16.7. The van der Waals surface area contributed by atoms with E-state index in [1.54, 1.807) is 6.07 Å². The van der Waals surface area contributed by atoms with Gasteiger partial charge in [0.05, 0.1) is 31.6 Å². The van der Waals surface area contributed by atoms with Crippen LogP contribution in [0.5, 0.6) is 11.5 Å². The number of benzene rings is 1. The standard InChI is InChI=1S/C17H12O6/c1-20-10-6-11-14(8-4-5-21-17(8)22-11)15-13(10)7-2-3-9(18)12(7)16(19)23-15/h4-6,8,17H,2-3H2,1H3/t8-,17+/m0/s1/i4T. The molecule has 2 aromatic rings. The van der Waals surface area contributed by atoms with Crippen LogP contribution in [-0.4, -0.2) is 19.2 Å². The predicted molar refractivity (Wildman–Crippen MR) is 79.1 cm³/mol. The zero-order valence-corrected chi connectivity index (χ0v) is 12.2. The van der Waals surface area contributed by atoms with Crippen LogP contribution in [0.15, 0.2) is 27.6 Å². The zero-order chi connectivity index (χ0) is 16.6. The minimum atomic E-state index is -0.645. The molecule has 0 fully saturated rings. The van der Waals surface area contributed by atoms with Gasteiger partial charge < -0.3 is 18.6 Å². The smallest absolute Gasteiger partial charge is 0.347 e. The highest BCUT2D eigenvalue weighted by Crippen LogP contribution is 2.50. The lowest BCUT2D eigenvalue weighted by atomic mass is 9.95. The summed E-state index contributed by atoms with van der Waals surface area (Å²) in [6.45, 7) is 0. The first kappa shape index (κ1) is 11.8. The Kier molecular flexibility index (Phi) is 2.13. The van der Waals surface area contributed by atoms with Crippen LogP contribution in [0.2, 0.25) is 0 Å². The van der Waals surface area contributed by atoms with Crippen LogP contribution in [0.3, 0.4) is 0 Å². The fraction of sp³-hybridized carbons (Fsp3) is 0.294. The minimum absolute atomic E-state index is 0.112. The van der Waals surface area contributed by atoms with Crippen LogP contribution in [0.25, 0.3) is 11.0 Å². The van der Waals surface area contributed by atoms with Gasteiger partial charge in [0.1, 0.15) is 22.6 Å². The molecule has 1 aromatic carbocycles. The topological polar surface area (TPSA) is 75.0 Å². The van der Waals surface area contributed by atoms with Crippen molar-refractivity contribution in [3.8, 4) is 11.5 Å². The summed E-state index contributed by atoms with van der Waals surface area (Å²) in [7, 11) is 1.51. The Morgan fingerprint density at radius 3 is 3.04 bits per heavy atom. The van der Waals surface area contributed by atoms with Crippen LogP contribution < -0.4 is 15.1 Å². The number of aryl methyl sites for hydroxylation is 1. The number of Topliss-reactive ketones (excluding diaryl/α,β-unsaturated/α-hetero) is 1. The highest BCUT2D eigenvalue weighted by Gasteiger charge is 2.41. The Labute approximate surface area is 131 Å². The minimum Gasteiger partial charge on any atom is -0.496 e. The second-order valence-electron chi connectivity index (χ2n) is 5.75. The van der Waals surface area contributed by atoms with Gasteiger partial charge in [-0.3, -0.25) is 4.79 Å². The lowest BCUT2D eigenvalue weighted by Crippen LogP contribution is -2.14. The number of ether oxygens (including phenoxy) is 3. The van der Waals surface area contributed by atoms with Gasteiger partial charge in [-0.2, -0.15) is 0 Å². The van der Waals surface area contributed by atoms with Crippen LogP contribution in [0.4, 0.5) is 0 Å². The van der Waals surface area contributed by atoms with E-state index in [1.165, 1.54) is 13.4 Å². The third-order valence-electron chi connectivity index (χ3n) is 4.63. The Balaban J connectivity index is 1.93. The van der Waals surface area contributed by atoms with Gasteiger partial charge in [-0.1, -0.05) is 0 Å². The van der Waals surface area contributed by atoms with Crippen LogP contribution in [-0.2, 0) is 11.2 Å². The molecule has 0 amide bonds.